The molecule has 0 unspecified atom stereocenters. The molecule has 1 amide bonds. The summed E-state index contributed by atoms with van der Waals surface area (Å²) in [6.45, 7) is 1.89. The monoisotopic (exact) mass is 273 g/mol. The van der Waals surface area contributed by atoms with Crippen molar-refractivity contribution in [3.8, 4) is 5.82 Å². The molecule has 0 atom stereocenters. The summed E-state index contributed by atoms with van der Waals surface area (Å²) in [5.74, 6) is 0.487. The van der Waals surface area contributed by atoms with Gasteiger partial charge in [0.15, 0.2) is 5.82 Å². The van der Waals surface area contributed by atoms with Crippen LogP contribution in [0.1, 0.15) is 23.2 Å². The van der Waals surface area contributed by atoms with Crippen LogP contribution in [0.4, 0.5) is 0 Å². The number of rotatable bonds is 3. The van der Waals surface area contributed by atoms with Crippen LogP contribution in [0, 0.1) is 0 Å². The Balaban J connectivity index is 1.66. The largest absolute Gasteiger partial charge is 0.349 e. The highest BCUT2D eigenvalue weighted by molar-refractivity contribution is 5.94. The minimum Gasteiger partial charge on any atom is -0.349 e. The van der Waals surface area contributed by atoms with Crippen LogP contribution in [-0.2, 0) is 0 Å². The third-order valence-corrected chi connectivity index (χ3v) is 3.27. The first-order valence-corrected chi connectivity index (χ1v) is 6.54. The molecule has 1 aliphatic heterocycles. The van der Waals surface area contributed by atoms with E-state index in [1.54, 1.807) is 12.1 Å². The van der Waals surface area contributed by atoms with E-state index in [1.807, 2.05) is 0 Å². The molecule has 104 valence electrons. The predicted octanol–water partition coefficient (Wildman–Crippen LogP) is -0.461. The predicted molar refractivity (Wildman–Crippen MR) is 70.3 cm³/mol. The second-order valence-corrected chi connectivity index (χ2v) is 4.66. The molecule has 8 heteroatoms. The van der Waals surface area contributed by atoms with Crippen LogP contribution >= 0.6 is 0 Å². The SMILES string of the molecule is O=C(NC1CCNCC1)c1ccc(-n2cnnn2)nc1. The van der Waals surface area contributed by atoms with Crippen LogP contribution in [0.25, 0.3) is 5.82 Å². The maximum absolute atomic E-state index is 12.1. The van der Waals surface area contributed by atoms with Crippen molar-refractivity contribution in [3.05, 3.63) is 30.2 Å². The summed E-state index contributed by atoms with van der Waals surface area (Å²) >= 11 is 0. The molecule has 3 rings (SSSR count). The normalized spacial score (nSPS) is 16.0. The molecule has 2 aromatic rings. The van der Waals surface area contributed by atoms with E-state index in [9.17, 15) is 4.79 Å². The van der Waals surface area contributed by atoms with Gasteiger partial charge in [-0.25, -0.2) is 4.98 Å². The molecular weight excluding hydrogens is 258 g/mol. The number of hydrogen-bond acceptors (Lipinski definition) is 6. The third-order valence-electron chi connectivity index (χ3n) is 3.27. The van der Waals surface area contributed by atoms with Crippen molar-refractivity contribution in [3.63, 3.8) is 0 Å². The fourth-order valence-corrected chi connectivity index (χ4v) is 2.16. The topological polar surface area (TPSA) is 97.6 Å². The van der Waals surface area contributed by atoms with E-state index in [0.717, 1.165) is 25.9 Å². The molecule has 20 heavy (non-hydrogen) atoms. The van der Waals surface area contributed by atoms with E-state index in [-0.39, 0.29) is 11.9 Å². The van der Waals surface area contributed by atoms with Gasteiger partial charge in [-0.3, -0.25) is 4.79 Å². The first kappa shape index (κ1) is 12.7. The van der Waals surface area contributed by atoms with Gasteiger partial charge in [0.1, 0.15) is 6.33 Å². The van der Waals surface area contributed by atoms with Crippen molar-refractivity contribution in [1.82, 2.24) is 35.8 Å². The Bertz CT molecular complexity index is 560. The Morgan fingerprint density at radius 2 is 2.20 bits per heavy atom. The highest BCUT2D eigenvalue weighted by Crippen LogP contribution is 2.06. The second-order valence-electron chi connectivity index (χ2n) is 4.66. The Kier molecular flexibility index (Phi) is 3.64. The van der Waals surface area contributed by atoms with Gasteiger partial charge in [-0.2, -0.15) is 4.68 Å². The van der Waals surface area contributed by atoms with E-state index in [2.05, 4.69) is 31.1 Å². The van der Waals surface area contributed by atoms with Crippen LogP contribution < -0.4 is 10.6 Å². The van der Waals surface area contributed by atoms with E-state index >= 15 is 0 Å². The van der Waals surface area contributed by atoms with Crippen LogP contribution in [0.2, 0.25) is 0 Å². The summed E-state index contributed by atoms with van der Waals surface area (Å²) in [4.78, 5) is 16.3. The van der Waals surface area contributed by atoms with Crippen molar-refractivity contribution in [2.45, 2.75) is 18.9 Å². The van der Waals surface area contributed by atoms with Gasteiger partial charge in [-0.05, 0) is 48.5 Å². The van der Waals surface area contributed by atoms with Gasteiger partial charge in [-0.15, -0.1) is 5.10 Å². The summed E-state index contributed by atoms with van der Waals surface area (Å²) in [5, 5.41) is 17.1. The number of aromatic nitrogens is 5. The number of amides is 1. The van der Waals surface area contributed by atoms with Gasteiger partial charge in [0.05, 0.1) is 5.56 Å². The fraction of sp³-hybridized carbons (Fsp3) is 0.417. The first-order valence-electron chi connectivity index (χ1n) is 6.54. The summed E-state index contributed by atoms with van der Waals surface area (Å²) in [6.07, 6.45) is 4.91. The highest BCUT2D eigenvalue weighted by Gasteiger charge is 2.16. The molecule has 3 heterocycles. The van der Waals surface area contributed by atoms with E-state index in [1.165, 1.54) is 17.2 Å². The number of carbonyl (C=O) groups is 1. The minimum absolute atomic E-state index is 0.0901. The van der Waals surface area contributed by atoms with Crippen molar-refractivity contribution in [2.75, 3.05) is 13.1 Å². The van der Waals surface area contributed by atoms with E-state index < -0.39 is 0 Å². The highest BCUT2D eigenvalue weighted by atomic mass is 16.1. The number of piperidine rings is 1. The molecule has 0 aromatic carbocycles. The molecule has 0 saturated carbocycles. The molecule has 2 N–H and O–H groups in total. The first-order chi connectivity index (χ1) is 9.83. The lowest BCUT2D eigenvalue weighted by molar-refractivity contribution is 0.0929. The van der Waals surface area contributed by atoms with Crippen molar-refractivity contribution in [1.29, 1.82) is 0 Å². The van der Waals surface area contributed by atoms with Gasteiger partial charge in [-0.1, -0.05) is 0 Å². The third kappa shape index (κ3) is 2.80. The van der Waals surface area contributed by atoms with Gasteiger partial charge in [0.25, 0.3) is 5.91 Å². The lowest BCUT2D eigenvalue weighted by Gasteiger charge is -2.23. The Labute approximate surface area is 115 Å². The average Bonchev–Trinajstić information content (AvgIpc) is 3.03. The fourth-order valence-electron chi connectivity index (χ4n) is 2.16. The molecule has 8 nitrogen and oxygen atoms in total. The summed E-state index contributed by atoms with van der Waals surface area (Å²) in [6, 6.07) is 3.68. The van der Waals surface area contributed by atoms with Crippen LogP contribution in [-0.4, -0.2) is 50.2 Å². The zero-order valence-corrected chi connectivity index (χ0v) is 10.9. The molecule has 1 saturated heterocycles. The van der Waals surface area contributed by atoms with Crippen molar-refractivity contribution < 1.29 is 4.79 Å². The zero-order chi connectivity index (χ0) is 13.8. The molecule has 0 radical (unpaired) electrons. The Morgan fingerprint density at radius 3 is 2.85 bits per heavy atom. The van der Waals surface area contributed by atoms with Gasteiger partial charge < -0.3 is 10.6 Å². The quantitative estimate of drug-likeness (QED) is 0.785. The molecule has 0 aliphatic carbocycles. The van der Waals surface area contributed by atoms with Crippen LogP contribution in [0.3, 0.4) is 0 Å². The van der Waals surface area contributed by atoms with Gasteiger partial charge in [0, 0.05) is 12.2 Å². The standard InChI is InChI=1S/C12H15N7O/c20-12(16-10-3-5-13-6-4-10)9-1-2-11(14-7-9)19-8-15-17-18-19/h1-2,7-8,10,13H,3-6H2,(H,16,20). The number of hydrogen-bond donors (Lipinski definition) is 2. The molecule has 1 fully saturated rings. The van der Waals surface area contributed by atoms with Gasteiger partial charge in [0.2, 0.25) is 0 Å². The molecule has 1 aliphatic rings. The zero-order valence-electron chi connectivity index (χ0n) is 10.9. The summed E-state index contributed by atoms with van der Waals surface area (Å²) < 4.78 is 1.44. The lowest BCUT2D eigenvalue weighted by atomic mass is 10.1. The van der Waals surface area contributed by atoms with Crippen molar-refractivity contribution in [2.24, 2.45) is 0 Å². The molecule has 0 bridgehead atoms. The van der Waals surface area contributed by atoms with Crippen LogP contribution in [0.5, 0.6) is 0 Å². The number of nitrogens with one attached hydrogen (secondary N) is 2. The number of nitrogens with zero attached hydrogens (tertiary/aromatic N) is 5. The van der Waals surface area contributed by atoms with E-state index in [0.29, 0.717) is 11.4 Å². The second kappa shape index (κ2) is 5.74. The number of tetrazole rings is 1. The van der Waals surface area contributed by atoms with Crippen LogP contribution in [0.15, 0.2) is 24.7 Å². The van der Waals surface area contributed by atoms with Gasteiger partial charge >= 0.3 is 0 Å². The summed E-state index contributed by atoms with van der Waals surface area (Å²) in [7, 11) is 0. The average molecular weight is 273 g/mol. The Hall–Kier alpha value is -2.35. The summed E-state index contributed by atoms with van der Waals surface area (Å²) in [5.41, 5.74) is 0.542. The Morgan fingerprint density at radius 1 is 1.35 bits per heavy atom. The maximum Gasteiger partial charge on any atom is 0.253 e. The maximum atomic E-state index is 12.1. The molecule has 0 spiro atoms. The van der Waals surface area contributed by atoms with Crippen molar-refractivity contribution >= 4 is 5.91 Å². The molecule has 2 aromatic heterocycles. The lowest BCUT2D eigenvalue weighted by Crippen LogP contribution is -2.42. The molecular formula is C12H15N7O. The number of pyridine rings is 1. The minimum atomic E-state index is -0.0901. The van der Waals surface area contributed by atoms with E-state index in [4.69, 9.17) is 0 Å². The smallest absolute Gasteiger partial charge is 0.253 e. The number of carbonyl (C=O) groups excluding carboxylic acids is 1.